The molecule has 1 aliphatic heterocycles. The molecule has 0 radical (unpaired) electrons. The molecule has 1 fully saturated rings. The van der Waals surface area contributed by atoms with Gasteiger partial charge in [0.05, 0.1) is 0 Å². The Kier molecular flexibility index (Phi) is 9.30. The third-order valence-electron chi connectivity index (χ3n) is 4.65. The van der Waals surface area contributed by atoms with Crippen LogP contribution in [-0.4, -0.2) is 37.0 Å². The number of rotatable bonds is 7. The number of carbonyl (C=O) groups excluding carboxylic acids is 1. The number of halogens is 2. The van der Waals surface area contributed by atoms with Gasteiger partial charge in [0.25, 0.3) is 0 Å². The summed E-state index contributed by atoms with van der Waals surface area (Å²) in [6, 6.07) is 6.68. The average molecular weight is 357 g/mol. The molecular weight excluding hydrogens is 327 g/mol. The van der Waals surface area contributed by atoms with Gasteiger partial charge in [-0.25, -0.2) is 4.39 Å². The summed E-state index contributed by atoms with van der Waals surface area (Å²) in [4.78, 5) is 14.4. The van der Waals surface area contributed by atoms with Crippen molar-refractivity contribution in [3.63, 3.8) is 0 Å². The topological polar surface area (TPSA) is 32.3 Å². The highest BCUT2D eigenvalue weighted by atomic mass is 35.5. The maximum Gasteiger partial charge on any atom is 0.222 e. The van der Waals surface area contributed by atoms with Gasteiger partial charge in [-0.2, -0.15) is 0 Å². The fourth-order valence-electron chi connectivity index (χ4n) is 3.30. The molecule has 1 N–H and O–H groups in total. The number of nitrogens with zero attached hydrogens (tertiary/aromatic N) is 1. The molecule has 0 saturated carbocycles. The minimum atomic E-state index is -0.205. The van der Waals surface area contributed by atoms with Crippen molar-refractivity contribution in [2.45, 2.75) is 39.5 Å². The average Bonchev–Trinajstić information content (AvgIpc) is 2.53. The summed E-state index contributed by atoms with van der Waals surface area (Å²) >= 11 is 0. The molecule has 3 nitrogen and oxygen atoms in total. The van der Waals surface area contributed by atoms with E-state index in [4.69, 9.17) is 0 Å². The standard InChI is InChI=1S/C19H29FN2O.ClH/c1-3-21-14-16-7-9-22(10-8-16)19(23)12-15(2)11-17-5-4-6-18(20)13-17;/h4-6,13,15-16,21H,3,7-12,14H2,1-2H3;1H. The predicted molar refractivity (Wildman–Crippen MR) is 99.0 cm³/mol. The molecule has 1 aromatic carbocycles. The fourth-order valence-corrected chi connectivity index (χ4v) is 3.30. The van der Waals surface area contributed by atoms with Crippen molar-refractivity contribution < 1.29 is 9.18 Å². The number of hydrogen-bond donors (Lipinski definition) is 1. The molecule has 2 rings (SSSR count). The Morgan fingerprint density at radius 2 is 2.08 bits per heavy atom. The van der Waals surface area contributed by atoms with E-state index in [2.05, 4.69) is 19.2 Å². The number of likely N-dealkylation sites (tertiary alicyclic amines) is 1. The maximum absolute atomic E-state index is 13.2. The van der Waals surface area contributed by atoms with Crippen LogP contribution in [0.5, 0.6) is 0 Å². The molecule has 1 heterocycles. The highest BCUT2D eigenvalue weighted by Crippen LogP contribution is 2.19. The van der Waals surface area contributed by atoms with Gasteiger partial charge in [-0.1, -0.05) is 26.0 Å². The molecule has 1 aliphatic rings. The second-order valence-electron chi connectivity index (χ2n) is 6.78. The van der Waals surface area contributed by atoms with Crippen LogP contribution in [0.25, 0.3) is 0 Å². The smallest absolute Gasteiger partial charge is 0.222 e. The van der Waals surface area contributed by atoms with Crippen LogP contribution in [0.1, 0.15) is 38.7 Å². The maximum atomic E-state index is 13.2. The number of amides is 1. The van der Waals surface area contributed by atoms with Crippen molar-refractivity contribution in [1.82, 2.24) is 10.2 Å². The van der Waals surface area contributed by atoms with Gasteiger partial charge in [0, 0.05) is 19.5 Å². The number of hydrogen-bond acceptors (Lipinski definition) is 2. The van der Waals surface area contributed by atoms with Crippen LogP contribution in [0.15, 0.2) is 24.3 Å². The molecule has 1 saturated heterocycles. The number of carbonyl (C=O) groups is 1. The number of piperidine rings is 1. The Labute approximate surface area is 151 Å². The largest absolute Gasteiger partial charge is 0.343 e. The second kappa shape index (κ2) is 10.7. The van der Waals surface area contributed by atoms with E-state index in [-0.39, 0.29) is 30.0 Å². The van der Waals surface area contributed by atoms with Crippen molar-refractivity contribution in [1.29, 1.82) is 0 Å². The van der Waals surface area contributed by atoms with E-state index in [9.17, 15) is 9.18 Å². The van der Waals surface area contributed by atoms with E-state index in [1.165, 1.54) is 6.07 Å². The van der Waals surface area contributed by atoms with Gasteiger partial charge in [-0.05, 0) is 61.9 Å². The summed E-state index contributed by atoms with van der Waals surface area (Å²) in [5.41, 5.74) is 0.967. The second-order valence-corrected chi connectivity index (χ2v) is 6.78. The molecule has 1 atom stereocenters. The van der Waals surface area contributed by atoms with Crippen LogP contribution in [0, 0.1) is 17.7 Å². The van der Waals surface area contributed by atoms with Crippen LogP contribution in [-0.2, 0) is 11.2 Å². The first-order chi connectivity index (χ1) is 11.1. The Morgan fingerprint density at radius 1 is 1.38 bits per heavy atom. The van der Waals surface area contributed by atoms with E-state index < -0.39 is 0 Å². The van der Waals surface area contributed by atoms with E-state index in [1.54, 1.807) is 12.1 Å². The third kappa shape index (κ3) is 6.78. The van der Waals surface area contributed by atoms with Gasteiger partial charge >= 0.3 is 0 Å². The van der Waals surface area contributed by atoms with Crippen LogP contribution < -0.4 is 5.32 Å². The van der Waals surface area contributed by atoms with E-state index >= 15 is 0 Å². The molecule has 1 unspecified atom stereocenters. The Morgan fingerprint density at radius 3 is 2.71 bits per heavy atom. The highest BCUT2D eigenvalue weighted by molar-refractivity contribution is 5.85. The minimum Gasteiger partial charge on any atom is -0.343 e. The molecule has 1 aromatic rings. The van der Waals surface area contributed by atoms with E-state index in [0.717, 1.165) is 51.0 Å². The molecule has 1 amide bonds. The summed E-state index contributed by atoms with van der Waals surface area (Å²) in [5.74, 6) is 0.979. The molecule has 5 heteroatoms. The summed E-state index contributed by atoms with van der Waals surface area (Å²) in [7, 11) is 0. The van der Waals surface area contributed by atoms with Crippen molar-refractivity contribution in [2.24, 2.45) is 11.8 Å². The van der Waals surface area contributed by atoms with Gasteiger partial charge in [0.2, 0.25) is 5.91 Å². The molecule has 0 bridgehead atoms. The van der Waals surface area contributed by atoms with Gasteiger partial charge in [0.1, 0.15) is 5.82 Å². The molecule has 136 valence electrons. The van der Waals surface area contributed by atoms with Crippen LogP contribution >= 0.6 is 12.4 Å². The van der Waals surface area contributed by atoms with E-state index in [0.29, 0.717) is 12.3 Å². The lowest BCUT2D eigenvalue weighted by atomic mass is 9.94. The summed E-state index contributed by atoms with van der Waals surface area (Å²) in [6.45, 7) is 8.02. The number of benzene rings is 1. The monoisotopic (exact) mass is 356 g/mol. The third-order valence-corrected chi connectivity index (χ3v) is 4.65. The number of nitrogens with one attached hydrogen (secondary N) is 1. The first-order valence-corrected chi connectivity index (χ1v) is 8.81. The lowest BCUT2D eigenvalue weighted by Gasteiger charge is -2.32. The first-order valence-electron chi connectivity index (χ1n) is 8.81. The van der Waals surface area contributed by atoms with Gasteiger partial charge in [-0.15, -0.1) is 12.4 Å². The normalized spacial score (nSPS) is 16.5. The lowest BCUT2D eigenvalue weighted by Crippen LogP contribution is -2.41. The summed E-state index contributed by atoms with van der Waals surface area (Å²) < 4.78 is 13.2. The van der Waals surface area contributed by atoms with Crippen molar-refractivity contribution in [2.75, 3.05) is 26.2 Å². The Bertz CT molecular complexity index is 504. The molecular formula is C19H30ClFN2O. The minimum absolute atomic E-state index is 0. The van der Waals surface area contributed by atoms with E-state index in [1.807, 2.05) is 11.0 Å². The van der Waals surface area contributed by atoms with Crippen LogP contribution in [0.4, 0.5) is 4.39 Å². The molecule has 24 heavy (non-hydrogen) atoms. The van der Waals surface area contributed by atoms with Crippen LogP contribution in [0.3, 0.4) is 0 Å². The van der Waals surface area contributed by atoms with Crippen LogP contribution in [0.2, 0.25) is 0 Å². The SMILES string of the molecule is CCNCC1CCN(C(=O)CC(C)Cc2cccc(F)c2)CC1.Cl. The highest BCUT2D eigenvalue weighted by Gasteiger charge is 2.23. The van der Waals surface area contributed by atoms with Crippen molar-refractivity contribution in [3.8, 4) is 0 Å². The zero-order valence-electron chi connectivity index (χ0n) is 14.8. The quantitative estimate of drug-likeness (QED) is 0.808. The molecule has 0 aromatic heterocycles. The van der Waals surface area contributed by atoms with Gasteiger partial charge < -0.3 is 10.2 Å². The summed E-state index contributed by atoms with van der Waals surface area (Å²) in [5, 5.41) is 3.39. The van der Waals surface area contributed by atoms with Crippen molar-refractivity contribution in [3.05, 3.63) is 35.6 Å². The van der Waals surface area contributed by atoms with Gasteiger partial charge in [0.15, 0.2) is 0 Å². The Balaban J connectivity index is 0.00000288. The van der Waals surface area contributed by atoms with Gasteiger partial charge in [-0.3, -0.25) is 4.79 Å². The lowest BCUT2D eigenvalue weighted by molar-refractivity contribution is -0.133. The molecule has 0 spiro atoms. The van der Waals surface area contributed by atoms with Crippen molar-refractivity contribution >= 4 is 18.3 Å². The zero-order chi connectivity index (χ0) is 16.7. The zero-order valence-corrected chi connectivity index (χ0v) is 15.6. The predicted octanol–water partition coefficient (Wildman–Crippen LogP) is 3.66. The molecule has 0 aliphatic carbocycles. The first kappa shape index (κ1) is 20.9. The fraction of sp³-hybridized carbons (Fsp3) is 0.632. The summed E-state index contributed by atoms with van der Waals surface area (Å²) in [6.07, 6.45) is 3.49. The Hall–Kier alpha value is -1.13.